The quantitative estimate of drug-likeness (QED) is 0.828. The molecule has 0 aromatic heterocycles. The predicted molar refractivity (Wildman–Crippen MR) is 95.6 cm³/mol. The second-order valence-electron chi connectivity index (χ2n) is 5.97. The maximum atomic E-state index is 12.2. The van der Waals surface area contributed by atoms with Crippen LogP contribution in [0.1, 0.15) is 36.5 Å². The third-order valence-electron chi connectivity index (χ3n) is 3.60. The summed E-state index contributed by atoms with van der Waals surface area (Å²) in [5.74, 6) is 0.852. The van der Waals surface area contributed by atoms with Crippen molar-refractivity contribution in [3.63, 3.8) is 0 Å². The highest BCUT2D eigenvalue weighted by atomic mass is 35.5. The van der Waals surface area contributed by atoms with E-state index < -0.39 is 0 Å². The van der Waals surface area contributed by atoms with Gasteiger partial charge >= 0.3 is 0 Å². The van der Waals surface area contributed by atoms with Crippen molar-refractivity contribution in [2.24, 2.45) is 0 Å². The van der Waals surface area contributed by atoms with Gasteiger partial charge in [-0.1, -0.05) is 49.7 Å². The Hall–Kier alpha value is -2.00. The molecule has 2 aromatic rings. The number of para-hydroxylation sites is 1. The number of nitrogens with one attached hydrogen (secondary N) is 1. The summed E-state index contributed by atoms with van der Waals surface area (Å²) in [6, 6.07) is 11.6. The molecule has 0 bridgehead atoms. The Labute approximate surface area is 142 Å². The molecule has 0 aliphatic heterocycles. The van der Waals surface area contributed by atoms with E-state index in [1.54, 1.807) is 0 Å². The van der Waals surface area contributed by atoms with E-state index in [1.165, 1.54) is 0 Å². The van der Waals surface area contributed by atoms with E-state index in [0.29, 0.717) is 16.6 Å². The first-order valence-electron chi connectivity index (χ1n) is 7.66. The maximum Gasteiger partial charge on any atom is 0.262 e. The van der Waals surface area contributed by atoms with Crippen molar-refractivity contribution in [1.29, 1.82) is 0 Å². The molecule has 4 heteroatoms. The lowest BCUT2D eigenvalue weighted by Crippen LogP contribution is -2.21. The number of hydrogen-bond donors (Lipinski definition) is 1. The van der Waals surface area contributed by atoms with Gasteiger partial charge in [0.2, 0.25) is 0 Å². The molecule has 0 heterocycles. The molecule has 0 aliphatic rings. The van der Waals surface area contributed by atoms with Crippen molar-refractivity contribution >= 4 is 23.2 Å². The van der Waals surface area contributed by atoms with Gasteiger partial charge in [-0.25, -0.2) is 0 Å². The molecule has 2 aromatic carbocycles. The van der Waals surface area contributed by atoms with Crippen molar-refractivity contribution in [3.05, 3.63) is 58.1 Å². The summed E-state index contributed by atoms with van der Waals surface area (Å²) in [5.41, 5.74) is 3.73. The van der Waals surface area contributed by atoms with Gasteiger partial charge in [-0.2, -0.15) is 0 Å². The van der Waals surface area contributed by atoms with Gasteiger partial charge in [0.05, 0.1) is 10.7 Å². The number of halogens is 1. The number of amides is 1. The van der Waals surface area contributed by atoms with Gasteiger partial charge in [-0.05, 0) is 48.6 Å². The van der Waals surface area contributed by atoms with Crippen LogP contribution in [-0.4, -0.2) is 12.5 Å². The van der Waals surface area contributed by atoms with Crippen molar-refractivity contribution in [2.45, 2.75) is 33.6 Å². The van der Waals surface area contributed by atoms with E-state index in [9.17, 15) is 4.79 Å². The summed E-state index contributed by atoms with van der Waals surface area (Å²) in [7, 11) is 0. The molecule has 0 fully saturated rings. The van der Waals surface area contributed by atoms with E-state index in [-0.39, 0.29) is 12.5 Å². The van der Waals surface area contributed by atoms with Crippen LogP contribution in [0.15, 0.2) is 36.4 Å². The lowest BCUT2D eigenvalue weighted by Gasteiger charge is -2.15. The molecule has 2 rings (SSSR count). The molecule has 1 N–H and O–H groups in total. The average Bonchev–Trinajstić information content (AvgIpc) is 2.49. The Morgan fingerprint density at radius 3 is 2.57 bits per heavy atom. The molecule has 0 atom stereocenters. The number of anilines is 1. The standard InChI is InChI=1S/C19H22ClNO2/c1-12(2)15-7-5-6-8-17(15)23-11-18(22)21-19-14(4)9-13(3)10-16(19)20/h5-10,12H,11H2,1-4H3,(H,21,22). The fraction of sp³-hybridized carbons (Fsp3) is 0.316. The van der Waals surface area contributed by atoms with Crippen molar-refractivity contribution in [2.75, 3.05) is 11.9 Å². The topological polar surface area (TPSA) is 38.3 Å². The van der Waals surface area contributed by atoms with Crippen LogP contribution in [-0.2, 0) is 4.79 Å². The Balaban J connectivity index is 2.04. The van der Waals surface area contributed by atoms with Crippen LogP contribution in [0, 0.1) is 13.8 Å². The highest BCUT2D eigenvalue weighted by molar-refractivity contribution is 6.34. The van der Waals surface area contributed by atoms with Crippen LogP contribution < -0.4 is 10.1 Å². The summed E-state index contributed by atoms with van der Waals surface area (Å²) in [4.78, 5) is 12.2. The molecule has 23 heavy (non-hydrogen) atoms. The molecule has 0 spiro atoms. The van der Waals surface area contributed by atoms with Crippen molar-refractivity contribution in [3.8, 4) is 5.75 Å². The third-order valence-corrected chi connectivity index (χ3v) is 3.89. The second-order valence-corrected chi connectivity index (χ2v) is 6.38. The van der Waals surface area contributed by atoms with Crippen LogP contribution >= 0.6 is 11.6 Å². The molecule has 0 saturated carbocycles. The smallest absolute Gasteiger partial charge is 0.262 e. The van der Waals surface area contributed by atoms with Gasteiger partial charge in [0.1, 0.15) is 5.75 Å². The molecular weight excluding hydrogens is 310 g/mol. The first kappa shape index (κ1) is 17.4. The number of hydrogen-bond acceptors (Lipinski definition) is 2. The van der Waals surface area contributed by atoms with Crippen LogP contribution in [0.5, 0.6) is 5.75 Å². The number of ether oxygens (including phenoxy) is 1. The third kappa shape index (κ3) is 4.49. The minimum absolute atomic E-state index is 0.0482. The van der Waals surface area contributed by atoms with Gasteiger partial charge in [0.25, 0.3) is 5.91 Å². The van der Waals surface area contributed by atoms with E-state index in [2.05, 4.69) is 19.2 Å². The monoisotopic (exact) mass is 331 g/mol. The highest BCUT2D eigenvalue weighted by Crippen LogP contribution is 2.28. The zero-order chi connectivity index (χ0) is 17.0. The fourth-order valence-corrected chi connectivity index (χ4v) is 2.85. The van der Waals surface area contributed by atoms with Crippen LogP contribution in [0.2, 0.25) is 5.02 Å². The van der Waals surface area contributed by atoms with Crippen molar-refractivity contribution in [1.82, 2.24) is 0 Å². The van der Waals surface area contributed by atoms with E-state index >= 15 is 0 Å². The molecule has 0 radical (unpaired) electrons. The summed E-state index contributed by atoms with van der Waals surface area (Å²) in [6.07, 6.45) is 0. The van der Waals surface area contributed by atoms with E-state index in [4.69, 9.17) is 16.3 Å². The molecule has 0 aliphatic carbocycles. The largest absolute Gasteiger partial charge is 0.483 e. The minimum Gasteiger partial charge on any atom is -0.483 e. The van der Waals surface area contributed by atoms with Gasteiger partial charge in [0.15, 0.2) is 6.61 Å². The Kier molecular flexibility index (Phi) is 5.67. The zero-order valence-corrected chi connectivity index (χ0v) is 14.7. The zero-order valence-electron chi connectivity index (χ0n) is 13.9. The number of carbonyl (C=O) groups excluding carboxylic acids is 1. The normalized spacial score (nSPS) is 10.7. The van der Waals surface area contributed by atoms with Gasteiger partial charge in [-0.3, -0.25) is 4.79 Å². The first-order chi connectivity index (χ1) is 10.9. The van der Waals surface area contributed by atoms with Gasteiger partial charge in [0, 0.05) is 0 Å². The van der Waals surface area contributed by atoms with Crippen LogP contribution in [0.3, 0.4) is 0 Å². The minimum atomic E-state index is -0.225. The number of benzene rings is 2. The molecule has 0 unspecified atom stereocenters. The molecular formula is C19H22ClNO2. The summed E-state index contributed by atoms with van der Waals surface area (Å²) in [5, 5.41) is 3.37. The SMILES string of the molecule is Cc1cc(C)c(NC(=O)COc2ccccc2C(C)C)c(Cl)c1. The summed E-state index contributed by atoms with van der Waals surface area (Å²) in [6.45, 7) is 8.03. The van der Waals surface area contributed by atoms with E-state index in [0.717, 1.165) is 22.4 Å². The van der Waals surface area contributed by atoms with Gasteiger partial charge in [-0.15, -0.1) is 0 Å². The molecule has 3 nitrogen and oxygen atoms in total. The summed E-state index contributed by atoms with van der Waals surface area (Å²) >= 11 is 6.21. The maximum absolute atomic E-state index is 12.2. The summed E-state index contributed by atoms with van der Waals surface area (Å²) < 4.78 is 5.68. The molecule has 122 valence electrons. The fourth-order valence-electron chi connectivity index (χ4n) is 2.48. The predicted octanol–water partition coefficient (Wildman–Crippen LogP) is 5.10. The highest BCUT2D eigenvalue weighted by Gasteiger charge is 2.12. The van der Waals surface area contributed by atoms with Crippen LogP contribution in [0.25, 0.3) is 0 Å². The molecule has 0 saturated heterocycles. The Bertz CT molecular complexity index is 687. The number of rotatable bonds is 5. The average molecular weight is 332 g/mol. The second kappa shape index (κ2) is 7.51. The van der Waals surface area contributed by atoms with E-state index in [1.807, 2.05) is 50.2 Å². The number of aryl methyl sites for hydroxylation is 2. The Morgan fingerprint density at radius 1 is 1.22 bits per heavy atom. The van der Waals surface area contributed by atoms with Crippen molar-refractivity contribution < 1.29 is 9.53 Å². The van der Waals surface area contributed by atoms with Gasteiger partial charge < -0.3 is 10.1 Å². The lowest BCUT2D eigenvalue weighted by atomic mass is 10.0. The Morgan fingerprint density at radius 2 is 1.91 bits per heavy atom. The van der Waals surface area contributed by atoms with Crippen LogP contribution in [0.4, 0.5) is 5.69 Å². The first-order valence-corrected chi connectivity index (χ1v) is 8.04. The lowest BCUT2D eigenvalue weighted by molar-refractivity contribution is -0.118. The number of carbonyl (C=O) groups is 1. The molecule has 1 amide bonds.